The number of carbonyl (C=O) groups is 1. The van der Waals surface area contributed by atoms with Crippen LogP contribution in [-0.2, 0) is 4.74 Å². The number of piperidine rings is 1. The Morgan fingerprint density at radius 2 is 1.61 bits per heavy atom. The van der Waals surface area contributed by atoms with Crippen LogP contribution in [-0.4, -0.2) is 80.8 Å². The van der Waals surface area contributed by atoms with E-state index in [0.717, 1.165) is 71.1 Å². The van der Waals surface area contributed by atoms with Crippen molar-refractivity contribution >= 4 is 5.91 Å². The first-order valence-electron chi connectivity index (χ1n) is 13.9. The standard InChI is InChI=1S/C32H39N3O3/c36-32(33-16-18-34-19-21-37-22-20-34)28-13-7-14-29(23-28)38-30-15-8-17-35(24-30)25-31(26-9-3-1-4-10-26)27-11-5-2-6-12-27/h1-7,9-14,23,30-31H,8,15-22,24-25H2,(H,33,36). The van der Waals surface area contributed by atoms with Gasteiger partial charge in [0.05, 0.1) is 13.2 Å². The van der Waals surface area contributed by atoms with E-state index in [0.29, 0.717) is 18.0 Å². The van der Waals surface area contributed by atoms with E-state index < -0.39 is 0 Å². The molecule has 2 aliphatic heterocycles. The molecule has 2 fully saturated rings. The van der Waals surface area contributed by atoms with Gasteiger partial charge >= 0.3 is 0 Å². The van der Waals surface area contributed by atoms with Crippen molar-refractivity contribution in [2.24, 2.45) is 0 Å². The van der Waals surface area contributed by atoms with Gasteiger partial charge in [-0.25, -0.2) is 0 Å². The maximum Gasteiger partial charge on any atom is 0.251 e. The number of benzene rings is 3. The molecule has 1 amide bonds. The molecule has 38 heavy (non-hydrogen) atoms. The Morgan fingerprint density at radius 3 is 2.32 bits per heavy atom. The van der Waals surface area contributed by atoms with Gasteiger partial charge in [0.25, 0.3) is 5.91 Å². The third-order valence-electron chi connectivity index (χ3n) is 7.52. The van der Waals surface area contributed by atoms with Crippen LogP contribution in [0, 0.1) is 0 Å². The maximum atomic E-state index is 12.8. The average Bonchev–Trinajstić information content (AvgIpc) is 2.98. The molecule has 1 unspecified atom stereocenters. The number of likely N-dealkylation sites (tertiary alicyclic amines) is 1. The van der Waals surface area contributed by atoms with Crippen molar-refractivity contribution in [2.75, 3.05) is 59.0 Å². The monoisotopic (exact) mass is 513 g/mol. The largest absolute Gasteiger partial charge is 0.489 e. The molecule has 6 heteroatoms. The zero-order valence-corrected chi connectivity index (χ0v) is 22.1. The molecule has 2 aliphatic rings. The summed E-state index contributed by atoms with van der Waals surface area (Å²) in [5.74, 6) is 1.03. The smallest absolute Gasteiger partial charge is 0.251 e. The van der Waals surface area contributed by atoms with Gasteiger partial charge in [-0.05, 0) is 48.7 Å². The molecule has 0 bridgehead atoms. The molecule has 6 nitrogen and oxygen atoms in total. The molecule has 3 aromatic rings. The number of ether oxygens (including phenoxy) is 2. The molecule has 200 valence electrons. The van der Waals surface area contributed by atoms with Crippen molar-refractivity contribution in [2.45, 2.75) is 24.9 Å². The second-order valence-corrected chi connectivity index (χ2v) is 10.3. The minimum atomic E-state index is -0.0532. The lowest BCUT2D eigenvalue weighted by Gasteiger charge is -2.35. The Bertz CT molecular complexity index is 1100. The van der Waals surface area contributed by atoms with Gasteiger partial charge in [0, 0.05) is 50.7 Å². The number of nitrogens with one attached hydrogen (secondary N) is 1. The highest BCUT2D eigenvalue weighted by atomic mass is 16.5. The van der Waals surface area contributed by atoms with Crippen LogP contribution in [0.4, 0.5) is 0 Å². The molecule has 0 aliphatic carbocycles. The SMILES string of the molecule is O=C(NCCN1CCOCC1)c1cccc(OC2CCCN(CC(c3ccccc3)c3ccccc3)C2)c1. The van der Waals surface area contributed by atoms with Crippen LogP contribution < -0.4 is 10.1 Å². The number of rotatable bonds is 10. The Hall–Kier alpha value is -3.19. The first-order valence-corrected chi connectivity index (χ1v) is 13.9. The van der Waals surface area contributed by atoms with E-state index in [4.69, 9.17) is 9.47 Å². The van der Waals surface area contributed by atoms with E-state index in [1.807, 2.05) is 24.3 Å². The van der Waals surface area contributed by atoms with E-state index >= 15 is 0 Å². The number of morpholine rings is 1. The van der Waals surface area contributed by atoms with Crippen LogP contribution in [0.3, 0.4) is 0 Å². The maximum absolute atomic E-state index is 12.8. The summed E-state index contributed by atoms with van der Waals surface area (Å²) >= 11 is 0. The van der Waals surface area contributed by atoms with Crippen LogP contribution in [0.5, 0.6) is 5.75 Å². The zero-order chi connectivity index (χ0) is 26.0. The summed E-state index contributed by atoms with van der Waals surface area (Å²) < 4.78 is 11.8. The molecule has 0 aromatic heterocycles. The van der Waals surface area contributed by atoms with Gasteiger partial charge in [-0.15, -0.1) is 0 Å². The molecular formula is C32H39N3O3. The highest BCUT2D eigenvalue weighted by molar-refractivity contribution is 5.94. The predicted octanol–water partition coefficient (Wildman–Crippen LogP) is 4.42. The summed E-state index contributed by atoms with van der Waals surface area (Å²) in [5.41, 5.74) is 3.33. The molecule has 0 saturated carbocycles. The van der Waals surface area contributed by atoms with Crippen LogP contribution >= 0.6 is 0 Å². The Balaban J connectivity index is 1.16. The summed E-state index contributed by atoms with van der Waals surface area (Å²) in [7, 11) is 0. The summed E-state index contributed by atoms with van der Waals surface area (Å²) in [6.45, 7) is 7.77. The number of carbonyl (C=O) groups excluding carboxylic acids is 1. The molecule has 1 N–H and O–H groups in total. The molecule has 5 rings (SSSR count). The first kappa shape index (κ1) is 26.4. The fourth-order valence-electron chi connectivity index (χ4n) is 5.46. The second-order valence-electron chi connectivity index (χ2n) is 10.3. The van der Waals surface area contributed by atoms with E-state index in [9.17, 15) is 4.79 Å². The number of hydrogen-bond acceptors (Lipinski definition) is 5. The van der Waals surface area contributed by atoms with Crippen molar-refractivity contribution in [3.8, 4) is 5.75 Å². The van der Waals surface area contributed by atoms with Crippen molar-refractivity contribution in [1.82, 2.24) is 15.1 Å². The Labute approximate surface area is 226 Å². The van der Waals surface area contributed by atoms with Crippen LogP contribution in [0.25, 0.3) is 0 Å². The second kappa shape index (κ2) is 13.6. The molecule has 2 heterocycles. The van der Waals surface area contributed by atoms with Crippen LogP contribution in [0.1, 0.15) is 40.2 Å². The molecule has 0 spiro atoms. The van der Waals surface area contributed by atoms with Crippen molar-refractivity contribution < 1.29 is 14.3 Å². The zero-order valence-electron chi connectivity index (χ0n) is 22.1. The lowest BCUT2D eigenvalue weighted by atomic mass is 9.90. The van der Waals surface area contributed by atoms with E-state index in [1.54, 1.807) is 0 Å². The Kier molecular flexibility index (Phi) is 9.43. The minimum absolute atomic E-state index is 0.0532. The number of hydrogen-bond donors (Lipinski definition) is 1. The highest BCUT2D eigenvalue weighted by Crippen LogP contribution is 2.28. The molecule has 1 atom stereocenters. The van der Waals surface area contributed by atoms with E-state index in [1.165, 1.54) is 11.1 Å². The quantitative estimate of drug-likeness (QED) is 0.435. The topological polar surface area (TPSA) is 54.0 Å². The van der Waals surface area contributed by atoms with Crippen molar-refractivity contribution in [1.29, 1.82) is 0 Å². The van der Waals surface area contributed by atoms with Gasteiger partial charge in [-0.3, -0.25) is 14.6 Å². The summed E-state index contributed by atoms with van der Waals surface area (Å²) in [4.78, 5) is 17.6. The molecule has 0 radical (unpaired) electrons. The van der Waals surface area contributed by atoms with Gasteiger partial charge in [-0.1, -0.05) is 66.7 Å². The third-order valence-corrected chi connectivity index (χ3v) is 7.52. The lowest BCUT2D eigenvalue weighted by Crippen LogP contribution is -2.43. The third kappa shape index (κ3) is 7.44. The van der Waals surface area contributed by atoms with Crippen LogP contribution in [0.2, 0.25) is 0 Å². The fraction of sp³-hybridized carbons (Fsp3) is 0.406. The molecule has 2 saturated heterocycles. The van der Waals surface area contributed by atoms with Crippen LogP contribution in [0.15, 0.2) is 84.9 Å². The summed E-state index contributed by atoms with van der Waals surface area (Å²) in [6.07, 6.45) is 2.23. The molecular weight excluding hydrogens is 474 g/mol. The van der Waals surface area contributed by atoms with E-state index in [-0.39, 0.29) is 12.0 Å². The van der Waals surface area contributed by atoms with Gasteiger partial charge in [0.2, 0.25) is 0 Å². The van der Waals surface area contributed by atoms with Crippen molar-refractivity contribution in [3.63, 3.8) is 0 Å². The lowest BCUT2D eigenvalue weighted by molar-refractivity contribution is 0.0383. The summed E-state index contributed by atoms with van der Waals surface area (Å²) in [6, 6.07) is 29.2. The number of nitrogens with zero attached hydrogens (tertiary/aromatic N) is 2. The normalized spacial score (nSPS) is 18.8. The average molecular weight is 514 g/mol. The number of amides is 1. The van der Waals surface area contributed by atoms with Crippen molar-refractivity contribution in [3.05, 3.63) is 102 Å². The van der Waals surface area contributed by atoms with E-state index in [2.05, 4.69) is 75.8 Å². The fourth-order valence-corrected chi connectivity index (χ4v) is 5.46. The summed E-state index contributed by atoms with van der Waals surface area (Å²) in [5, 5.41) is 3.05. The molecule has 3 aromatic carbocycles. The minimum Gasteiger partial charge on any atom is -0.489 e. The van der Waals surface area contributed by atoms with Gasteiger partial charge in [0.1, 0.15) is 11.9 Å². The van der Waals surface area contributed by atoms with Gasteiger partial charge in [0.15, 0.2) is 0 Å². The Morgan fingerprint density at radius 1 is 0.895 bits per heavy atom. The van der Waals surface area contributed by atoms with Gasteiger partial charge < -0.3 is 14.8 Å². The predicted molar refractivity (Wildman–Crippen MR) is 151 cm³/mol. The first-order chi connectivity index (χ1) is 18.7. The van der Waals surface area contributed by atoms with Gasteiger partial charge in [-0.2, -0.15) is 0 Å². The highest BCUT2D eigenvalue weighted by Gasteiger charge is 2.25.